The van der Waals surface area contributed by atoms with Gasteiger partial charge in [-0.25, -0.2) is 0 Å². The molecule has 0 N–H and O–H groups in total. The van der Waals surface area contributed by atoms with Gasteiger partial charge in [0.1, 0.15) is 0 Å². The van der Waals surface area contributed by atoms with Gasteiger partial charge in [0.15, 0.2) is 8.07 Å². The second-order valence-corrected chi connectivity index (χ2v) is 18.6. The van der Waals surface area contributed by atoms with Crippen LogP contribution in [0.25, 0.3) is 66.1 Å². The van der Waals surface area contributed by atoms with E-state index in [1.807, 2.05) is 0 Å². The standard InChI is InChI=1S/C54H38N2Si/c1-6-19-40(20-7-1)55-49-31-17-16-29-47(49)53-51(55)38-37-48-52-46(30-18-32-50(52)56(54(48)53)41-21-8-2-9-22-41)39-33-35-45(36-34-39)57(42-23-10-3-11-24-42,43-25-12-4-13-26-43)44-27-14-5-15-28-44/h1-38H. The normalized spacial score (nSPS) is 11.9. The molecule has 0 saturated heterocycles. The molecule has 0 unspecified atom stereocenters. The summed E-state index contributed by atoms with van der Waals surface area (Å²) in [7, 11) is -2.65. The van der Waals surface area contributed by atoms with Crippen LogP contribution in [0.15, 0.2) is 231 Å². The van der Waals surface area contributed by atoms with Crippen molar-refractivity contribution in [1.29, 1.82) is 0 Å². The molecular formula is C54H38N2Si. The lowest BCUT2D eigenvalue weighted by atomic mass is 9.99. The van der Waals surface area contributed by atoms with Crippen LogP contribution in [0.2, 0.25) is 0 Å². The Kier molecular flexibility index (Phi) is 7.87. The quantitative estimate of drug-likeness (QED) is 0.114. The molecule has 9 aromatic carbocycles. The van der Waals surface area contributed by atoms with Crippen molar-refractivity contribution in [1.82, 2.24) is 9.13 Å². The molecule has 0 spiro atoms. The second kappa shape index (κ2) is 13.5. The first-order valence-corrected chi connectivity index (χ1v) is 21.7. The van der Waals surface area contributed by atoms with Gasteiger partial charge in [-0.15, -0.1) is 0 Å². The van der Waals surface area contributed by atoms with Crippen molar-refractivity contribution in [3.05, 3.63) is 231 Å². The minimum Gasteiger partial charge on any atom is -0.309 e. The third kappa shape index (κ3) is 5.10. The summed E-state index contributed by atoms with van der Waals surface area (Å²) in [4.78, 5) is 0. The van der Waals surface area contributed by atoms with Crippen LogP contribution < -0.4 is 20.7 Å². The van der Waals surface area contributed by atoms with Gasteiger partial charge in [-0.1, -0.05) is 188 Å². The van der Waals surface area contributed by atoms with E-state index in [9.17, 15) is 0 Å². The Morgan fingerprint density at radius 1 is 0.281 bits per heavy atom. The Hall–Kier alpha value is -7.20. The minimum atomic E-state index is -2.65. The van der Waals surface area contributed by atoms with Gasteiger partial charge in [0, 0.05) is 32.9 Å². The number of nitrogens with zero attached hydrogens (tertiary/aromatic N) is 2. The van der Waals surface area contributed by atoms with Crippen LogP contribution in [-0.2, 0) is 0 Å². The zero-order valence-corrected chi connectivity index (χ0v) is 32.3. The molecule has 11 aromatic rings. The van der Waals surface area contributed by atoms with Gasteiger partial charge < -0.3 is 9.13 Å². The summed E-state index contributed by atoms with van der Waals surface area (Å²) in [5, 5.41) is 10.5. The zero-order chi connectivity index (χ0) is 37.8. The molecule has 3 heteroatoms. The molecule has 0 bridgehead atoms. The van der Waals surface area contributed by atoms with Crippen molar-refractivity contribution >= 4 is 72.4 Å². The second-order valence-electron chi connectivity index (χ2n) is 14.8. The summed E-state index contributed by atoms with van der Waals surface area (Å²) < 4.78 is 4.91. The summed E-state index contributed by atoms with van der Waals surface area (Å²) >= 11 is 0. The van der Waals surface area contributed by atoms with Crippen molar-refractivity contribution in [2.45, 2.75) is 0 Å². The van der Waals surface area contributed by atoms with E-state index in [4.69, 9.17) is 0 Å². The number of benzene rings is 9. The fourth-order valence-corrected chi connectivity index (χ4v) is 14.3. The fourth-order valence-electron chi connectivity index (χ4n) is 9.51. The molecule has 0 radical (unpaired) electrons. The van der Waals surface area contributed by atoms with Crippen molar-refractivity contribution in [2.24, 2.45) is 0 Å². The molecule has 2 nitrogen and oxygen atoms in total. The largest absolute Gasteiger partial charge is 0.309 e. The maximum atomic E-state index is 2.49. The lowest BCUT2D eigenvalue weighted by molar-refractivity contribution is 1.17. The van der Waals surface area contributed by atoms with E-state index in [1.165, 1.54) is 75.5 Å². The third-order valence-electron chi connectivity index (χ3n) is 11.9. The van der Waals surface area contributed by atoms with Gasteiger partial charge in [0.25, 0.3) is 0 Å². The van der Waals surface area contributed by atoms with Crippen molar-refractivity contribution in [2.75, 3.05) is 0 Å². The number of rotatable bonds is 7. The van der Waals surface area contributed by atoms with Crippen LogP contribution in [0.1, 0.15) is 0 Å². The third-order valence-corrected chi connectivity index (χ3v) is 16.7. The van der Waals surface area contributed by atoms with Gasteiger partial charge in [-0.05, 0) is 74.3 Å². The topological polar surface area (TPSA) is 9.86 Å². The van der Waals surface area contributed by atoms with Gasteiger partial charge >= 0.3 is 0 Å². The molecule has 0 saturated carbocycles. The molecule has 11 rings (SSSR count). The Labute approximate surface area is 333 Å². The van der Waals surface area contributed by atoms with E-state index in [0.717, 1.165) is 11.4 Å². The molecule has 0 aliphatic heterocycles. The van der Waals surface area contributed by atoms with Crippen LogP contribution in [-0.4, -0.2) is 17.2 Å². The Balaban J connectivity index is 1.19. The zero-order valence-electron chi connectivity index (χ0n) is 31.3. The van der Waals surface area contributed by atoms with E-state index in [2.05, 4.69) is 240 Å². The van der Waals surface area contributed by atoms with Gasteiger partial charge in [-0.2, -0.15) is 0 Å². The number of hydrogen-bond acceptors (Lipinski definition) is 0. The van der Waals surface area contributed by atoms with Crippen molar-refractivity contribution in [3.63, 3.8) is 0 Å². The summed E-state index contributed by atoms with van der Waals surface area (Å²) in [6, 6.07) is 85.0. The maximum Gasteiger partial charge on any atom is 0.179 e. The molecule has 0 aliphatic rings. The molecule has 2 heterocycles. The lowest BCUT2D eigenvalue weighted by Gasteiger charge is -2.34. The molecular weight excluding hydrogens is 705 g/mol. The van der Waals surface area contributed by atoms with E-state index in [1.54, 1.807) is 0 Å². The van der Waals surface area contributed by atoms with Crippen LogP contribution in [0, 0.1) is 0 Å². The molecule has 0 amide bonds. The van der Waals surface area contributed by atoms with Gasteiger partial charge in [0.05, 0.1) is 22.1 Å². The molecule has 57 heavy (non-hydrogen) atoms. The first kappa shape index (κ1) is 33.2. The van der Waals surface area contributed by atoms with Gasteiger partial charge in [0.2, 0.25) is 0 Å². The van der Waals surface area contributed by atoms with E-state index < -0.39 is 8.07 Å². The predicted molar refractivity (Wildman–Crippen MR) is 244 cm³/mol. The summed E-state index contributed by atoms with van der Waals surface area (Å²) in [6.45, 7) is 0. The highest BCUT2D eigenvalue weighted by Crippen LogP contribution is 2.44. The average Bonchev–Trinajstić information content (AvgIpc) is 3.82. The van der Waals surface area contributed by atoms with Crippen LogP contribution in [0.5, 0.6) is 0 Å². The fraction of sp³-hybridized carbons (Fsp3) is 0. The Morgan fingerprint density at radius 3 is 1.32 bits per heavy atom. The van der Waals surface area contributed by atoms with E-state index in [-0.39, 0.29) is 0 Å². The highest BCUT2D eigenvalue weighted by atomic mass is 28.3. The molecule has 0 aliphatic carbocycles. The summed E-state index contributed by atoms with van der Waals surface area (Å²) in [6.07, 6.45) is 0. The monoisotopic (exact) mass is 742 g/mol. The van der Waals surface area contributed by atoms with Crippen LogP contribution in [0.3, 0.4) is 0 Å². The van der Waals surface area contributed by atoms with E-state index in [0.29, 0.717) is 0 Å². The van der Waals surface area contributed by atoms with Gasteiger partial charge in [-0.3, -0.25) is 0 Å². The Morgan fingerprint density at radius 2 is 0.737 bits per heavy atom. The van der Waals surface area contributed by atoms with Crippen molar-refractivity contribution < 1.29 is 0 Å². The lowest BCUT2D eigenvalue weighted by Crippen LogP contribution is -2.74. The first-order valence-electron chi connectivity index (χ1n) is 19.7. The minimum absolute atomic E-state index is 1.15. The summed E-state index contributed by atoms with van der Waals surface area (Å²) in [5.41, 5.74) is 9.58. The highest BCUT2D eigenvalue weighted by molar-refractivity contribution is 7.19. The number of fused-ring (bicyclic) bond motifs is 7. The molecule has 2 aromatic heterocycles. The number of hydrogen-bond donors (Lipinski definition) is 0. The number of aromatic nitrogens is 2. The van der Waals surface area contributed by atoms with Crippen molar-refractivity contribution in [3.8, 4) is 22.5 Å². The Bertz CT molecular complexity index is 3090. The van der Waals surface area contributed by atoms with Crippen LogP contribution in [0.4, 0.5) is 0 Å². The predicted octanol–water partition coefficient (Wildman–Crippen LogP) is 10.9. The van der Waals surface area contributed by atoms with E-state index >= 15 is 0 Å². The summed E-state index contributed by atoms with van der Waals surface area (Å²) in [5.74, 6) is 0. The van der Waals surface area contributed by atoms with Crippen LogP contribution >= 0.6 is 0 Å². The molecule has 0 atom stereocenters. The molecule has 268 valence electrons. The maximum absolute atomic E-state index is 2.65. The highest BCUT2D eigenvalue weighted by Gasteiger charge is 2.41. The smallest absolute Gasteiger partial charge is 0.179 e. The SMILES string of the molecule is c1ccc(-n2c3ccccc3c3c2ccc2c4c(-c5ccc([Si](c6ccccc6)(c6ccccc6)c6ccccc6)cc5)cccc4n(-c4ccccc4)c23)cc1. The number of para-hydroxylation sites is 3. The first-order chi connectivity index (χ1) is 28.3. The molecule has 0 fully saturated rings. The average molecular weight is 743 g/mol.